The van der Waals surface area contributed by atoms with E-state index in [1.165, 1.54) is 4.90 Å². The molecule has 0 radical (unpaired) electrons. The number of carbonyl (C=O) groups excluding carboxylic acids is 3. The smallest absolute Gasteiger partial charge is 0.319 e. The molecule has 0 aliphatic carbocycles. The van der Waals surface area contributed by atoms with Crippen LogP contribution in [0.5, 0.6) is 0 Å². The number of nitrogens with zero attached hydrogens (tertiary/aromatic N) is 1. The molecule has 0 spiro atoms. The number of carbonyl (C=O) groups is 3. The number of amides is 4. The molecule has 3 N–H and O–H groups in total. The zero-order chi connectivity index (χ0) is 19.0. The number of likely N-dealkylation sites (N-methyl/N-ethyl adjacent to an activating group) is 1. The minimum atomic E-state index is -0.662. The van der Waals surface area contributed by atoms with Crippen molar-refractivity contribution >= 4 is 23.5 Å². The fourth-order valence-corrected chi connectivity index (χ4v) is 2.01. The van der Waals surface area contributed by atoms with Crippen LogP contribution in [-0.2, 0) is 16.0 Å². The molecule has 0 saturated carbocycles. The monoisotopic (exact) mass is 348 g/mol. The van der Waals surface area contributed by atoms with Crippen molar-refractivity contribution in [2.75, 3.05) is 19.4 Å². The van der Waals surface area contributed by atoms with Crippen LogP contribution in [0.4, 0.5) is 10.5 Å². The van der Waals surface area contributed by atoms with Gasteiger partial charge in [0.2, 0.25) is 11.8 Å². The highest BCUT2D eigenvalue weighted by molar-refractivity contribution is 5.94. The molecule has 0 aliphatic heterocycles. The van der Waals surface area contributed by atoms with Crippen LogP contribution in [0.25, 0.3) is 0 Å². The Hall–Kier alpha value is -2.57. The molecular formula is C18H28N4O3. The van der Waals surface area contributed by atoms with Crippen LogP contribution in [0.1, 0.15) is 32.8 Å². The van der Waals surface area contributed by atoms with Gasteiger partial charge in [-0.05, 0) is 31.9 Å². The summed E-state index contributed by atoms with van der Waals surface area (Å²) in [6.45, 7) is 5.50. The molecule has 2 unspecified atom stereocenters. The van der Waals surface area contributed by atoms with Crippen molar-refractivity contribution in [3.05, 3.63) is 29.8 Å². The Morgan fingerprint density at radius 2 is 1.72 bits per heavy atom. The third kappa shape index (κ3) is 6.82. The molecule has 0 aliphatic rings. The number of rotatable bonds is 7. The molecule has 2 atom stereocenters. The second-order valence-electron chi connectivity index (χ2n) is 6.26. The first kappa shape index (κ1) is 20.5. The van der Waals surface area contributed by atoms with Gasteiger partial charge in [-0.15, -0.1) is 0 Å². The van der Waals surface area contributed by atoms with Crippen molar-refractivity contribution in [2.24, 2.45) is 0 Å². The summed E-state index contributed by atoms with van der Waals surface area (Å²) in [5, 5.41) is 8.13. The lowest BCUT2D eigenvalue weighted by Crippen LogP contribution is -2.48. The number of nitrogens with one attached hydrogen (secondary N) is 3. The van der Waals surface area contributed by atoms with Gasteiger partial charge in [-0.3, -0.25) is 9.59 Å². The van der Waals surface area contributed by atoms with Crippen molar-refractivity contribution < 1.29 is 14.4 Å². The van der Waals surface area contributed by atoms with Crippen LogP contribution in [0.2, 0.25) is 0 Å². The van der Waals surface area contributed by atoms with Gasteiger partial charge in [0.15, 0.2) is 0 Å². The van der Waals surface area contributed by atoms with E-state index < -0.39 is 12.1 Å². The van der Waals surface area contributed by atoms with Crippen molar-refractivity contribution in [3.8, 4) is 0 Å². The van der Waals surface area contributed by atoms with Crippen molar-refractivity contribution in [2.45, 2.75) is 45.7 Å². The zero-order valence-corrected chi connectivity index (χ0v) is 15.6. The standard InChI is InChI=1S/C18H28N4O3/c1-6-12(2)19-17(24)13(3)20-18(25)21-15-10-8-7-9-14(15)11-16(23)22(4)5/h7-10,12-13H,6,11H2,1-5H3,(H,19,24)(H2,20,21,25). The fourth-order valence-electron chi connectivity index (χ4n) is 2.01. The predicted octanol–water partition coefficient (Wildman–Crippen LogP) is 1.74. The molecule has 1 rings (SSSR count). The van der Waals surface area contributed by atoms with Crippen molar-refractivity contribution in [1.29, 1.82) is 0 Å². The van der Waals surface area contributed by atoms with Gasteiger partial charge < -0.3 is 20.9 Å². The Morgan fingerprint density at radius 1 is 1.08 bits per heavy atom. The van der Waals surface area contributed by atoms with Crippen LogP contribution < -0.4 is 16.0 Å². The number of para-hydroxylation sites is 1. The molecule has 0 fully saturated rings. The Labute approximate surface area is 149 Å². The first-order valence-electron chi connectivity index (χ1n) is 8.40. The van der Waals surface area contributed by atoms with Crippen LogP contribution in [0.3, 0.4) is 0 Å². The van der Waals surface area contributed by atoms with E-state index in [1.54, 1.807) is 39.2 Å². The molecular weight excluding hydrogens is 320 g/mol. The molecule has 0 aromatic heterocycles. The number of benzene rings is 1. The highest BCUT2D eigenvalue weighted by Crippen LogP contribution is 2.16. The van der Waals surface area contributed by atoms with Crippen LogP contribution in [0, 0.1) is 0 Å². The normalized spacial score (nSPS) is 12.7. The number of anilines is 1. The Kier molecular flexibility index (Phi) is 7.91. The lowest BCUT2D eigenvalue weighted by Gasteiger charge is -2.18. The first-order valence-corrected chi connectivity index (χ1v) is 8.40. The van der Waals surface area contributed by atoms with E-state index in [4.69, 9.17) is 0 Å². The first-order chi connectivity index (χ1) is 11.7. The van der Waals surface area contributed by atoms with Gasteiger partial charge in [-0.25, -0.2) is 4.79 Å². The Balaban J connectivity index is 2.68. The van der Waals surface area contributed by atoms with E-state index in [0.717, 1.165) is 6.42 Å². The summed E-state index contributed by atoms with van der Waals surface area (Å²) in [5.41, 5.74) is 1.26. The third-order valence-electron chi connectivity index (χ3n) is 3.85. The molecule has 1 aromatic carbocycles. The average Bonchev–Trinajstić information content (AvgIpc) is 2.55. The van der Waals surface area contributed by atoms with Crippen molar-refractivity contribution in [1.82, 2.24) is 15.5 Å². The van der Waals surface area contributed by atoms with Gasteiger partial charge in [0.25, 0.3) is 0 Å². The SMILES string of the molecule is CCC(C)NC(=O)C(C)NC(=O)Nc1ccccc1CC(=O)N(C)C. The van der Waals surface area contributed by atoms with Gasteiger partial charge in [0.05, 0.1) is 6.42 Å². The third-order valence-corrected chi connectivity index (χ3v) is 3.85. The molecule has 0 heterocycles. The molecule has 138 valence electrons. The van der Waals surface area contributed by atoms with E-state index in [9.17, 15) is 14.4 Å². The Morgan fingerprint density at radius 3 is 2.32 bits per heavy atom. The maximum atomic E-state index is 12.2. The van der Waals surface area contributed by atoms with Gasteiger partial charge in [-0.2, -0.15) is 0 Å². The lowest BCUT2D eigenvalue weighted by atomic mass is 10.1. The molecule has 1 aromatic rings. The summed E-state index contributed by atoms with van der Waals surface area (Å²) in [4.78, 5) is 37.5. The maximum absolute atomic E-state index is 12.2. The second-order valence-corrected chi connectivity index (χ2v) is 6.26. The van der Waals surface area contributed by atoms with Crippen LogP contribution in [0.15, 0.2) is 24.3 Å². The molecule has 7 heteroatoms. The van der Waals surface area contributed by atoms with E-state index in [2.05, 4.69) is 16.0 Å². The minimum absolute atomic E-state index is 0.0533. The quantitative estimate of drug-likeness (QED) is 0.701. The summed E-state index contributed by atoms with van der Waals surface area (Å²) in [6, 6.07) is 6.00. The minimum Gasteiger partial charge on any atom is -0.352 e. The highest BCUT2D eigenvalue weighted by atomic mass is 16.2. The van der Waals surface area contributed by atoms with E-state index in [1.807, 2.05) is 19.9 Å². The highest BCUT2D eigenvalue weighted by Gasteiger charge is 2.18. The predicted molar refractivity (Wildman–Crippen MR) is 98.4 cm³/mol. The average molecular weight is 348 g/mol. The lowest BCUT2D eigenvalue weighted by molar-refractivity contribution is -0.128. The Bertz CT molecular complexity index is 616. The topological polar surface area (TPSA) is 90.5 Å². The van der Waals surface area contributed by atoms with Crippen LogP contribution >= 0.6 is 0 Å². The number of urea groups is 1. The molecule has 4 amide bonds. The van der Waals surface area contributed by atoms with Gasteiger partial charge in [0, 0.05) is 25.8 Å². The summed E-state index contributed by atoms with van der Waals surface area (Å²) in [5.74, 6) is -0.295. The maximum Gasteiger partial charge on any atom is 0.319 e. The second kappa shape index (κ2) is 9.66. The van der Waals surface area contributed by atoms with E-state index in [0.29, 0.717) is 11.3 Å². The van der Waals surface area contributed by atoms with Gasteiger partial charge in [0.1, 0.15) is 6.04 Å². The largest absolute Gasteiger partial charge is 0.352 e. The van der Waals surface area contributed by atoms with Crippen LogP contribution in [-0.4, -0.2) is 48.9 Å². The van der Waals surface area contributed by atoms with Gasteiger partial charge >= 0.3 is 6.03 Å². The van der Waals surface area contributed by atoms with E-state index >= 15 is 0 Å². The van der Waals surface area contributed by atoms with Crippen molar-refractivity contribution in [3.63, 3.8) is 0 Å². The number of hydrogen-bond acceptors (Lipinski definition) is 3. The summed E-state index contributed by atoms with van der Waals surface area (Å²) < 4.78 is 0. The zero-order valence-electron chi connectivity index (χ0n) is 15.6. The summed E-state index contributed by atoms with van der Waals surface area (Å²) in [7, 11) is 3.37. The molecule has 25 heavy (non-hydrogen) atoms. The van der Waals surface area contributed by atoms with Gasteiger partial charge in [-0.1, -0.05) is 25.1 Å². The molecule has 0 saturated heterocycles. The van der Waals surface area contributed by atoms with E-state index in [-0.39, 0.29) is 24.3 Å². The fraction of sp³-hybridized carbons (Fsp3) is 0.500. The summed E-state index contributed by atoms with van der Waals surface area (Å²) in [6.07, 6.45) is 1.01. The number of hydrogen-bond donors (Lipinski definition) is 3. The summed E-state index contributed by atoms with van der Waals surface area (Å²) >= 11 is 0. The molecule has 7 nitrogen and oxygen atoms in total. The molecule has 0 bridgehead atoms.